The predicted molar refractivity (Wildman–Crippen MR) is 60.0 cm³/mol. The van der Waals surface area contributed by atoms with Crippen molar-refractivity contribution in [2.24, 2.45) is 5.73 Å². The van der Waals surface area contributed by atoms with Gasteiger partial charge in [0.2, 0.25) is 5.91 Å². The molecule has 0 saturated carbocycles. The van der Waals surface area contributed by atoms with Gasteiger partial charge in [0, 0.05) is 0 Å². The number of primary amides is 1. The van der Waals surface area contributed by atoms with Crippen LogP contribution in [0.5, 0.6) is 0 Å². The summed E-state index contributed by atoms with van der Waals surface area (Å²) in [6, 6.07) is -0.119. The lowest BCUT2D eigenvalue weighted by Crippen LogP contribution is -2.41. The van der Waals surface area contributed by atoms with Gasteiger partial charge in [-0.1, -0.05) is 39.5 Å². The molecular weight excluding hydrogens is 176 g/mol. The van der Waals surface area contributed by atoms with E-state index in [-0.39, 0.29) is 11.9 Å². The average Bonchev–Trinajstić information content (AvgIpc) is 2.16. The Labute approximate surface area is 87.4 Å². The van der Waals surface area contributed by atoms with Crippen LogP contribution in [0.2, 0.25) is 0 Å². The fourth-order valence-corrected chi connectivity index (χ4v) is 1.44. The lowest BCUT2D eigenvalue weighted by molar-refractivity contribution is -0.120. The molecule has 0 aromatic rings. The molecule has 0 aromatic carbocycles. The molecule has 0 aliphatic carbocycles. The van der Waals surface area contributed by atoms with Gasteiger partial charge in [-0.2, -0.15) is 0 Å². The third-order valence-corrected chi connectivity index (χ3v) is 2.33. The second kappa shape index (κ2) is 9.00. The van der Waals surface area contributed by atoms with Gasteiger partial charge in [0.1, 0.15) is 0 Å². The largest absolute Gasteiger partial charge is 0.368 e. The summed E-state index contributed by atoms with van der Waals surface area (Å²) in [4.78, 5) is 11.0. The highest BCUT2D eigenvalue weighted by atomic mass is 16.1. The van der Waals surface area contributed by atoms with Gasteiger partial charge >= 0.3 is 0 Å². The summed E-state index contributed by atoms with van der Waals surface area (Å²) < 4.78 is 0. The Bertz CT molecular complexity index is 148. The van der Waals surface area contributed by atoms with E-state index in [0.29, 0.717) is 0 Å². The monoisotopic (exact) mass is 200 g/mol. The minimum atomic E-state index is -0.213. The number of hydrogen-bond donors (Lipinski definition) is 2. The first-order valence-corrected chi connectivity index (χ1v) is 5.75. The number of carbonyl (C=O) groups excluding carboxylic acids is 1. The molecule has 0 bridgehead atoms. The Morgan fingerprint density at radius 3 is 2.43 bits per heavy atom. The zero-order chi connectivity index (χ0) is 10.8. The first-order chi connectivity index (χ1) is 6.72. The van der Waals surface area contributed by atoms with Gasteiger partial charge in [0.15, 0.2) is 0 Å². The molecule has 1 atom stereocenters. The van der Waals surface area contributed by atoms with E-state index in [1.54, 1.807) is 0 Å². The van der Waals surface area contributed by atoms with Crippen LogP contribution >= 0.6 is 0 Å². The molecule has 0 aliphatic heterocycles. The second-order valence-electron chi connectivity index (χ2n) is 3.76. The average molecular weight is 200 g/mol. The fourth-order valence-electron chi connectivity index (χ4n) is 1.44. The number of carbonyl (C=O) groups is 1. The maximum absolute atomic E-state index is 11.0. The van der Waals surface area contributed by atoms with Gasteiger partial charge in [-0.15, -0.1) is 0 Å². The van der Waals surface area contributed by atoms with Crippen LogP contribution in [0.1, 0.15) is 52.4 Å². The maximum atomic E-state index is 11.0. The molecule has 0 aromatic heterocycles. The van der Waals surface area contributed by atoms with Crippen molar-refractivity contribution < 1.29 is 4.79 Å². The van der Waals surface area contributed by atoms with Crippen LogP contribution in [-0.2, 0) is 4.79 Å². The minimum Gasteiger partial charge on any atom is -0.368 e. The predicted octanol–water partition coefficient (Wildman–Crippen LogP) is 1.81. The first kappa shape index (κ1) is 13.4. The highest BCUT2D eigenvalue weighted by Crippen LogP contribution is 2.05. The van der Waals surface area contributed by atoms with E-state index in [4.69, 9.17) is 5.73 Å². The number of unbranched alkanes of at least 4 members (excludes halogenated alkanes) is 3. The summed E-state index contributed by atoms with van der Waals surface area (Å²) in [7, 11) is 0. The molecule has 3 N–H and O–H groups in total. The Hall–Kier alpha value is -0.570. The zero-order valence-corrected chi connectivity index (χ0v) is 9.51. The van der Waals surface area contributed by atoms with Gasteiger partial charge in [-0.25, -0.2) is 0 Å². The van der Waals surface area contributed by atoms with Crippen molar-refractivity contribution in [3.63, 3.8) is 0 Å². The summed E-state index contributed by atoms with van der Waals surface area (Å²) in [5.74, 6) is -0.213. The molecule has 0 heterocycles. The van der Waals surface area contributed by atoms with Crippen LogP contribution < -0.4 is 11.1 Å². The summed E-state index contributed by atoms with van der Waals surface area (Å²) in [6.07, 6.45) is 6.70. The summed E-state index contributed by atoms with van der Waals surface area (Å²) in [6.45, 7) is 5.14. The van der Waals surface area contributed by atoms with Crippen molar-refractivity contribution in [2.45, 2.75) is 58.4 Å². The fraction of sp³-hybridized carbons (Fsp3) is 0.909. The molecular formula is C11H24N2O. The van der Waals surface area contributed by atoms with Gasteiger partial charge in [0.05, 0.1) is 6.04 Å². The standard InChI is InChI=1S/C11H24N2O/c1-3-5-6-7-8-10(11(12)14)13-9-4-2/h10,13H,3-9H2,1-2H3,(H2,12,14). The lowest BCUT2D eigenvalue weighted by atomic mass is 10.1. The highest BCUT2D eigenvalue weighted by Gasteiger charge is 2.12. The molecule has 0 aliphatic rings. The smallest absolute Gasteiger partial charge is 0.234 e. The number of nitrogens with one attached hydrogen (secondary N) is 1. The van der Waals surface area contributed by atoms with Crippen LogP contribution in [-0.4, -0.2) is 18.5 Å². The van der Waals surface area contributed by atoms with Crippen molar-refractivity contribution in [2.75, 3.05) is 6.54 Å². The van der Waals surface area contributed by atoms with E-state index in [0.717, 1.165) is 25.8 Å². The van der Waals surface area contributed by atoms with Gasteiger partial charge in [0.25, 0.3) is 0 Å². The third kappa shape index (κ3) is 6.89. The zero-order valence-electron chi connectivity index (χ0n) is 9.51. The van der Waals surface area contributed by atoms with Crippen molar-refractivity contribution in [3.8, 4) is 0 Å². The Morgan fingerprint density at radius 2 is 1.93 bits per heavy atom. The molecule has 3 nitrogen and oxygen atoms in total. The van der Waals surface area contributed by atoms with Crippen molar-refractivity contribution in [1.29, 1.82) is 0 Å². The van der Waals surface area contributed by atoms with Crippen LogP contribution in [0.15, 0.2) is 0 Å². The second-order valence-corrected chi connectivity index (χ2v) is 3.76. The summed E-state index contributed by atoms with van der Waals surface area (Å²) in [5.41, 5.74) is 5.29. The molecule has 0 fully saturated rings. The number of nitrogens with two attached hydrogens (primary N) is 1. The molecule has 0 rings (SSSR count). The first-order valence-electron chi connectivity index (χ1n) is 5.75. The van der Waals surface area contributed by atoms with E-state index >= 15 is 0 Å². The Kier molecular flexibility index (Phi) is 8.64. The quantitative estimate of drug-likeness (QED) is 0.558. The third-order valence-electron chi connectivity index (χ3n) is 2.33. The normalized spacial score (nSPS) is 12.7. The van der Waals surface area contributed by atoms with Crippen molar-refractivity contribution >= 4 is 5.91 Å². The van der Waals surface area contributed by atoms with Gasteiger partial charge in [-0.05, 0) is 19.4 Å². The number of rotatable bonds is 9. The van der Waals surface area contributed by atoms with Crippen molar-refractivity contribution in [1.82, 2.24) is 5.32 Å². The molecule has 1 unspecified atom stereocenters. The van der Waals surface area contributed by atoms with E-state index in [2.05, 4.69) is 19.2 Å². The number of amides is 1. The summed E-state index contributed by atoms with van der Waals surface area (Å²) >= 11 is 0. The topological polar surface area (TPSA) is 55.1 Å². The van der Waals surface area contributed by atoms with Crippen LogP contribution in [0.3, 0.4) is 0 Å². The van der Waals surface area contributed by atoms with Crippen LogP contribution in [0, 0.1) is 0 Å². The summed E-state index contributed by atoms with van der Waals surface area (Å²) in [5, 5.41) is 3.17. The van der Waals surface area contributed by atoms with E-state index in [1.165, 1.54) is 19.3 Å². The van der Waals surface area contributed by atoms with Gasteiger partial charge < -0.3 is 11.1 Å². The maximum Gasteiger partial charge on any atom is 0.234 e. The molecule has 84 valence electrons. The SMILES string of the molecule is CCCCCCC(NCCC)C(N)=O. The van der Waals surface area contributed by atoms with E-state index in [1.807, 2.05) is 0 Å². The van der Waals surface area contributed by atoms with E-state index < -0.39 is 0 Å². The highest BCUT2D eigenvalue weighted by molar-refractivity contribution is 5.79. The molecule has 1 amide bonds. The lowest BCUT2D eigenvalue weighted by Gasteiger charge is -2.14. The van der Waals surface area contributed by atoms with Gasteiger partial charge in [-0.3, -0.25) is 4.79 Å². The Balaban J connectivity index is 3.57. The number of hydrogen-bond acceptors (Lipinski definition) is 2. The molecule has 3 heteroatoms. The van der Waals surface area contributed by atoms with Crippen LogP contribution in [0.4, 0.5) is 0 Å². The van der Waals surface area contributed by atoms with E-state index in [9.17, 15) is 4.79 Å². The van der Waals surface area contributed by atoms with Crippen molar-refractivity contribution in [3.05, 3.63) is 0 Å². The molecule has 14 heavy (non-hydrogen) atoms. The molecule has 0 spiro atoms. The Morgan fingerprint density at radius 1 is 1.21 bits per heavy atom. The molecule has 0 saturated heterocycles. The van der Waals surface area contributed by atoms with Crippen LogP contribution in [0.25, 0.3) is 0 Å². The minimum absolute atomic E-state index is 0.119. The molecule has 0 radical (unpaired) electrons.